The molecule has 94 valence electrons. The highest BCUT2D eigenvalue weighted by Gasteiger charge is 2.18. The fourth-order valence-electron chi connectivity index (χ4n) is 1.25. The van der Waals surface area contributed by atoms with Crippen LogP contribution in [0.15, 0.2) is 12.1 Å². The number of hydrogen-bond donors (Lipinski definition) is 2. The van der Waals surface area contributed by atoms with Crippen molar-refractivity contribution in [2.75, 3.05) is 20.2 Å². The van der Waals surface area contributed by atoms with Gasteiger partial charge in [0.05, 0.1) is 0 Å². The molecule has 0 bridgehead atoms. The third-order valence-corrected chi connectivity index (χ3v) is 2.02. The number of nitrogens with zero attached hydrogens (tertiary/aromatic N) is 2. The summed E-state index contributed by atoms with van der Waals surface area (Å²) in [6, 6.07) is 3.10. The summed E-state index contributed by atoms with van der Waals surface area (Å²) in [6.45, 7) is 1.99. The smallest absolute Gasteiger partial charge is 0.406 e. The van der Waals surface area contributed by atoms with E-state index in [-0.39, 0.29) is 18.2 Å². The van der Waals surface area contributed by atoms with Gasteiger partial charge in [0, 0.05) is 13.5 Å². The van der Waals surface area contributed by atoms with E-state index in [4.69, 9.17) is 4.74 Å². The molecule has 2 N–H and O–H groups in total. The van der Waals surface area contributed by atoms with Crippen molar-refractivity contribution in [2.24, 2.45) is 0 Å². The number of ether oxygens (including phenoxy) is 1. The van der Waals surface area contributed by atoms with Crippen LogP contribution in [0.3, 0.4) is 0 Å². The van der Waals surface area contributed by atoms with Gasteiger partial charge in [-0.3, -0.25) is 0 Å². The van der Waals surface area contributed by atoms with E-state index in [1.165, 1.54) is 6.07 Å². The van der Waals surface area contributed by atoms with E-state index in [1.54, 1.807) is 20.0 Å². The van der Waals surface area contributed by atoms with Crippen molar-refractivity contribution in [3.05, 3.63) is 27.9 Å². The Bertz CT molecular complexity index is 397. The van der Waals surface area contributed by atoms with Crippen LogP contribution in [0.4, 0.5) is 5.82 Å². The minimum absolute atomic E-state index is 0.0214. The number of aryl methyl sites for hydroxylation is 1. The molecule has 17 heavy (non-hydrogen) atoms. The molecule has 7 nitrogen and oxygen atoms in total. The van der Waals surface area contributed by atoms with Gasteiger partial charge < -0.3 is 25.3 Å². The maximum atomic E-state index is 10.7. The van der Waals surface area contributed by atoms with E-state index in [0.29, 0.717) is 12.2 Å². The Balaban J connectivity index is 2.73. The Morgan fingerprint density at radius 2 is 2.35 bits per heavy atom. The predicted molar refractivity (Wildman–Crippen MR) is 61.1 cm³/mol. The summed E-state index contributed by atoms with van der Waals surface area (Å²) in [6.07, 6.45) is -0.721. The fraction of sp³-hybridized carbons (Fsp3) is 0.500. The minimum Gasteiger partial charge on any atom is -0.483 e. The fourth-order valence-corrected chi connectivity index (χ4v) is 1.25. The van der Waals surface area contributed by atoms with Crippen molar-refractivity contribution in [1.82, 2.24) is 10.3 Å². The summed E-state index contributed by atoms with van der Waals surface area (Å²) < 4.78 is 5.17. The minimum atomic E-state index is -0.721. The number of nitro groups is 1. The van der Waals surface area contributed by atoms with Crippen LogP contribution < -0.4 is 10.1 Å². The molecular weight excluding hydrogens is 226 g/mol. The second-order valence-electron chi connectivity index (χ2n) is 3.55. The van der Waals surface area contributed by atoms with Crippen molar-refractivity contribution in [2.45, 2.75) is 13.0 Å². The molecule has 1 heterocycles. The van der Waals surface area contributed by atoms with Gasteiger partial charge in [-0.25, -0.2) is 0 Å². The van der Waals surface area contributed by atoms with Gasteiger partial charge in [0.2, 0.25) is 5.75 Å². The molecule has 0 radical (unpaired) electrons. The molecule has 0 aliphatic rings. The van der Waals surface area contributed by atoms with Gasteiger partial charge in [0.1, 0.15) is 18.4 Å². The average Bonchev–Trinajstić information content (AvgIpc) is 2.27. The first kappa shape index (κ1) is 13.3. The molecule has 1 aromatic rings. The number of pyridine rings is 1. The zero-order valence-electron chi connectivity index (χ0n) is 9.71. The van der Waals surface area contributed by atoms with Gasteiger partial charge >= 0.3 is 5.82 Å². The monoisotopic (exact) mass is 241 g/mol. The topological polar surface area (TPSA) is 97.5 Å². The highest BCUT2D eigenvalue weighted by Crippen LogP contribution is 2.24. The molecule has 0 fully saturated rings. The van der Waals surface area contributed by atoms with E-state index >= 15 is 0 Å². The number of aliphatic hydroxyl groups excluding tert-OH is 1. The van der Waals surface area contributed by atoms with Crippen molar-refractivity contribution in [3.8, 4) is 5.75 Å². The number of nitrogens with one attached hydrogen (secondary N) is 1. The van der Waals surface area contributed by atoms with E-state index in [1.807, 2.05) is 0 Å². The van der Waals surface area contributed by atoms with Gasteiger partial charge in [0.25, 0.3) is 0 Å². The lowest BCUT2D eigenvalue weighted by Crippen LogP contribution is -2.29. The summed E-state index contributed by atoms with van der Waals surface area (Å²) in [7, 11) is 1.69. The van der Waals surface area contributed by atoms with Crippen LogP contribution in [0, 0.1) is 17.0 Å². The van der Waals surface area contributed by atoms with Crippen molar-refractivity contribution in [3.63, 3.8) is 0 Å². The third kappa shape index (κ3) is 3.97. The molecule has 0 saturated heterocycles. The second-order valence-corrected chi connectivity index (χ2v) is 3.55. The molecule has 0 aliphatic heterocycles. The maximum absolute atomic E-state index is 10.7. The van der Waals surface area contributed by atoms with Gasteiger partial charge in [0.15, 0.2) is 0 Å². The first-order chi connectivity index (χ1) is 8.04. The Labute approximate surface area is 98.6 Å². The van der Waals surface area contributed by atoms with Crippen LogP contribution in [0.25, 0.3) is 0 Å². The molecule has 1 aromatic heterocycles. The van der Waals surface area contributed by atoms with Crippen LogP contribution in [0.2, 0.25) is 0 Å². The summed E-state index contributed by atoms with van der Waals surface area (Å²) >= 11 is 0. The van der Waals surface area contributed by atoms with Gasteiger partial charge in [-0.05, 0) is 29.1 Å². The quantitative estimate of drug-likeness (QED) is 0.547. The molecule has 0 aliphatic carbocycles. The van der Waals surface area contributed by atoms with Gasteiger partial charge in [-0.2, -0.15) is 0 Å². The van der Waals surface area contributed by atoms with Crippen LogP contribution in [-0.4, -0.2) is 41.3 Å². The number of hydrogen-bond acceptors (Lipinski definition) is 6. The third-order valence-electron chi connectivity index (χ3n) is 2.02. The van der Waals surface area contributed by atoms with Crippen molar-refractivity contribution in [1.29, 1.82) is 0 Å². The Morgan fingerprint density at radius 1 is 1.65 bits per heavy atom. The zero-order chi connectivity index (χ0) is 12.8. The lowest BCUT2D eigenvalue weighted by molar-refractivity contribution is -0.390. The molecule has 0 amide bonds. The van der Waals surface area contributed by atoms with E-state index in [2.05, 4.69) is 10.3 Å². The molecule has 1 unspecified atom stereocenters. The Morgan fingerprint density at radius 3 is 2.94 bits per heavy atom. The molecule has 7 heteroatoms. The van der Waals surface area contributed by atoms with Crippen LogP contribution in [0.5, 0.6) is 5.75 Å². The highest BCUT2D eigenvalue weighted by atomic mass is 16.6. The number of aromatic nitrogens is 1. The van der Waals surface area contributed by atoms with Crippen LogP contribution >= 0.6 is 0 Å². The van der Waals surface area contributed by atoms with Crippen molar-refractivity contribution < 1.29 is 14.8 Å². The predicted octanol–water partition coefficient (Wildman–Crippen LogP) is 0.257. The number of aliphatic hydroxyl groups is 1. The van der Waals surface area contributed by atoms with Crippen LogP contribution in [0.1, 0.15) is 5.69 Å². The molecule has 1 atom stereocenters. The molecule has 1 rings (SSSR count). The zero-order valence-corrected chi connectivity index (χ0v) is 9.71. The molecule has 0 spiro atoms. The number of likely N-dealkylation sites (N-methyl/N-ethyl adjacent to an activating group) is 1. The molecule has 0 aromatic carbocycles. The summed E-state index contributed by atoms with van der Waals surface area (Å²) in [5.41, 5.74) is 0.542. The average molecular weight is 241 g/mol. The highest BCUT2D eigenvalue weighted by molar-refractivity contribution is 5.40. The van der Waals surface area contributed by atoms with E-state index in [9.17, 15) is 15.2 Å². The van der Waals surface area contributed by atoms with E-state index < -0.39 is 11.0 Å². The second kappa shape index (κ2) is 6.12. The summed E-state index contributed by atoms with van der Waals surface area (Å²) in [5, 5.41) is 22.9. The van der Waals surface area contributed by atoms with Crippen LogP contribution in [-0.2, 0) is 0 Å². The Hall–Kier alpha value is -1.73. The van der Waals surface area contributed by atoms with Crippen molar-refractivity contribution >= 4 is 5.82 Å². The van der Waals surface area contributed by atoms with Gasteiger partial charge in [-0.1, -0.05) is 0 Å². The summed E-state index contributed by atoms with van der Waals surface area (Å²) in [4.78, 5) is 13.9. The number of rotatable bonds is 6. The maximum Gasteiger partial charge on any atom is 0.406 e. The normalized spacial score (nSPS) is 12.2. The SMILES string of the molecule is CNCC(O)COc1ccc(C)nc1[N+](=O)[O-]. The standard InChI is InChI=1S/C10H15N3O4/c1-7-3-4-9(10(12-7)13(15)16)17-6-8(14)5-11-2/h3-4,8,11,14H,5-6H2,1-2H3. The lowest BCUT2D eigenvalue weighted by atomic mass is 10.3. The summed E-state index contributed by atoms with van der Waals surface area (Å²) in [5.74, 6) is -0.266. The molecular formula is C10H15N3O4. The largest absolute Gasteiger partial charge is 0.483 e. The Kier molecular flexibility index (Phi) is 4.80. The first-order valence-electron chi connectivity index (χ1n) is 5.12. The molecule has 0 saturated carbocycles. The van der Waals surface area contributed by atoms with Gasteiger partial charge in [-0.15, -0.1) is 0 Å². The lowest BCUT2D eigenvalue weighted by Gasteiger charge is -2.11. The van der Waals surface area contributed by atoms with E-state index in [0.717, 1.165) is 0 Å². The first-order valence-corrected chi connectivity index (χ1v) is 5.12.